The first-order chi connectivity index (χ1) is 16.7. The first kappa shape index (κ1) is 26.8. The molecule has 12 heteroatoms. The zero-order chi connectivity index (χ0) is 26.4. The number of hydrogen-bond donors (Lipinski definition) is 1. The van der Waals surface area contributed by atoms with Gasteiger partial charge in [0.25, 0.3) is 0 Å². The summed E-state index contributed by atoms with van der Waals surface area (Å²) in [6, 6.07) is 5.95. The SMILES string of the molecule is CC1(C)OB(C=C2CC3(C2)CN(C(=O)O[C@H](COCc2ccc(OO)cc2)C(F)(F)F)C3)OC1(C)C. The van der Waals surface area contributed by atoms with E-state index >= 15 is 0 Å². The number of likely N-dealkylation sites (tertiary alicyclic amines) is 1. The van der Waals surface area contributed by atoms with Crippen LogP contribution in [-0.2, 0) is 25.4 Å². The second kappa shape index (κ2) is 9.55. The minimum absolute atomic E-state index is 0.122. The molecule has 1 spiro atoms. The Labute approximate surface area is 208 Å². The molecule has 3 aliphatic rings. The van der Waals surface area contributed by atoms with Crippen molar-refractivity contribution in [1.82, 2.24) is 4.90 Å². The van der Waals surface area contributed by atoms with Crippen LogP contribution in [0.2, 0.25) is 0 Å². The van der Waals surface area contributed by atoms with Crippen molar-refractivity contribution in [3.8, 4) is 5.75 Å². The highest BCUT2D eigenvalue weighted by molar-refractivity contribution is 6.51. The molecule has 2 heterocycles. The highest BCUT2D eigenvalue weighted by Gasteiger charge is 2.55. The summed E-state index contributed by atoms with van der Waals surface area (Å²) >= 11 is 0. The van der Waals surface area contributed by atoms with Gasteiger partial charge < -0.3 is 28.6 Å². The molecule has 0 aromatic heterocycles. The third-order valence-corrected chi connectivity index (χ3v) is 7.33. The van der Waals surface area contributed by atoms with Crippen LogP contribution in [0.5, 0.6) is 5.75 Å². The lowest BCUT2D eigenvalue weighted by Crippen LogP contribution is -2.62. The standard InChI is InChI=1S/C24H31BF3NO7/c1-21(2)22(3,4)36-25(35-21)11-17-9-23(10-17)14-29(15-23)20(30)33-19(24(26,27)28)13-32-12-16-5-7-18(34-31)8-6-16/h5-8,11,19,31H,9-10,12-15H2,1-4H3/t19-/m1/s1. The third kappa shape index (κ3) is 5.66. The van der Waals surface area contributed by atoms with Gasteiger partial charge in [-0.25, -0.2) is 10.1 Å². The van der Waals surface area contributed by atoms with Crippen LogP contribution >= 0.6 is 0 Å². The zero-order valence-electron chi connectivity index (χ0n) is 20.8. The number of benzene rings is 1. The van der Waals surface area contributed by atoms with Crippen LogP contribution in [0.15, 0.2) is 35.8 Å². The monoisotopic (exact) mass is 513 g/mol. The first-order valence-electron chi connectivity index (χ1n) is 11.8. The fraction of sp³-hybridized carbons (Fsp3) is 0.625. The maximum atomic E-state index is 13.4. The van der Waals surface area contributed by atoms with Crippen molar-refractivity contribution < 1.29 is 46.9 Å². The van der Waals surface area contributed by atoms with Crippen molar-refractivity contribution >= 4 is 13.2 Å². The number of rotatable bonds is 7. The van der Waals surface area contributed by atoms with Crippen molar-refractivity contribution in [2.45, 2.75) is 70.6 Å². The molecule has 8 nitrogen and oxygen atoms in total. The van der Waals surface area contributed by atoms with Crippen molar-refractivity contribution in [3.05, 3.63) is 41.4 Å². The molecule has 1 aromatic carbocycles. The molecular weight excluding hydrogens is 482 g/mol. The van der Waals surface area contributed by atoms with E-state index in [1.807, 2.05) is 33.7 Å². The molecular formula is C24H31BF3NO7. The summed E-state index contributed by atoms with van der Waals surface area (Å²) in [6.07, 6.45) is -6.65. The van der Waals surface area contributed by atoms with E-state index in [9.17, 15) is 18.0 Å². The Kier molecular flexibility index (Phi) is 7.10. The van der Waals surface area contributed by atoms with Gasteiger partial charge in [-0.3, -0.25) is 0 Å². The quantitative estimate of drug-likeness (QED) is 0.319. The normalized spacial score (nSPS) is 22.6. The zero-order valence-corrected chi connectivity index (χ0v) is 20.8. The van der Waals surface area contributed by atoms with Crippen molar-refractivity contribution in [1.29, 1.82) is 0 Å². The molecule has 1 aliphatic carbocycles. The van der Waals surface area contributed by atoms with Gasteiger partial charge in [-0.05, 0) is 58.2 Å². The van der Waals surface area contributed by atoms with Crippen LogP contribution < -0.4 is 4.89 Å². The lowest BCUT2D eigenvalue weighted by Gasteiger charge is -2.56. The molecule has 198 valence electrons. The van der Waals surface area contributed by atoms with Crippen molar-refractivity contribution in [2.24, 2.45) is 5.41 Å². The molecule has 1 aromatic rings. The summed E-state index contributed by atoms with van der Waals surface area (Å²) < 4.78 is 62.1. The third-order valence-electron chi connectivity index (χ3n) is 7.33. The van der Waals surface area contributed by atoms with Crippen LogP contribution in [0.25, 0.3) is 0 Å². The van der Waals surface area contributed by atoms with Gasteiger partial charge in [0.05, 0.1) is 24.4 Å². The Hall–Kier alpha value is -2.28. The maximum Gasteiger partial charge on any atom is 0.487 e. The van der Waals surface area contributed by atoms with E-state index in [4.69, 9.17) is 24.0 Å². The van der Waals surface area contributed by atoms with Crippen LogP contribution in [0.1, 0.15) is 46.1 Å². The Morgan fingerprint density at radius 1 is 1.14 bits per heavy atom. The minimum Gasteiger partial charge on any atom is -0.434 e. The van der Waals surface area contributed by atoms with Gasteiger partial charge in [-0.15, -0.1) is 0 Å². The summed E-state index contributed by atoms with van der Waals surface area (Å²) in [5.74, 6) is 2.15. The van der Waals surface area contributed by atoms with Crippen molar-refractivity contribution in [3.63, 3.8) is 0 Å². The topological polar surface area (TPSA) is 86.7 Å². The second-order valence-corrected chi connectivity index (χ2v) is 10.8. The molecule has 3 fully saturated rings. The van der Waals surface area contributed by atoms with Gasteiger partial charge in [-0.2, -0.15) is 13.2 Å². The van der Waals surface area contributed by atoms with Crippen LogP contribution in [0, 0.1) is 5.41 Å². The predicted octanol–water partition coefficient (Wildman–Crippen LogP) is 4.78. The summed E-state index contributed by atoms with van der Waals surface area (Å²) in [5, 5.41) is 8.56. The lowest BCUT2D eigenvalue weighted by atomic mass is 9.59. The average Bonchev–Trinajstić information content (AvgIpc) is 2.93. The van der Waals surface area contributed by atoms with Crippen LogP contribution in [-0.4, -0.2) is 66.5 Å². The van der Waals surface area contributed by atoms with E-state index in [0.717, 1.165) is 18.4 Å². The highest BCUT2D eigenvalue weighted by atomic mass is 19.4. The summed E-state index contributed by atoms with van der Waals surface area (Å²) in [5.41, 5.74) is 0.754. The molecule has 36 heavy (non-hydrogen) atoms. The van der Waals surface area contributed by atoms with Gasteiger partial charge in [0.2, 0.25) is 6.10 Å². The van der Waals surface area contributed by atoms with Gasteiger partial charge in [-0.1, -0.05) is 23.7 Å². The van der Waals surface area contributed by atoms with Crippen LogP contribution in [0.4, 0.5) is 18.0 Å². The highest BCUT2D eigenvalue weighted by Crippen LogP contribution is 2.52. The summed E-state index contributed by atoms with van der Waals surface area (Å²) in [4.78, 5) is 17.7. The Morgan fingerprint density at radius 3 is 2.25 bits per heavy atom. The molecule has 0 bridgehead atoms. The summed E-state index contributed by atoms with van der Waals surface area (Å²) in [6.45, 7) is 7.66. The molecule has 4 rings (SSSR count). The molecule has 0 radical (unpaired) electrons. The van der Waals surface area contributed by atoms with Gasteiger partial charge in [0.1, 0.15) is 0 Å². The van der Waals surface area contributed by atoms with E-state index < -0.39 is 43.3 Å². The van der Waals surface area contributed by atoms with Crippen molar-refractivity contribution in [2.75, 3.05) is 19.7 Å². The van der Waals surface area contributed by atoms with E-state index in [2.05, 4.69) is 4.89 Å². The summed E-state index contributed by atoms with van der Waals surface area (Å²) in [7, 11) is -0.433. The Balaban J connectivity index is 1.22. The number of alkyl halides is 3. The number of ether oxygens (including phenoxy) is 2. The Morgan fingerprint density at radius 2 is 1.72 bits per heavy atom. The molecule has 2 saturated heterocycles. The molecule has 2 aliphatic heterocycles. The smallest absolute Gasteiger partial charge is 0.434 e. The number of nitrogens with zero attached hydrogens (tertiary/aromatic N) is 1. The van der Waals surface area contributed by atoms with E-state index in [0.29, 0.717) is 18.7 Å². The van der Waals surface area contributed by atoms with Crippen LogP contribution in [0.3, 0.4) is 0 Å². The molecule has 0 unspecified atom stereocenters. The maximum absolute atomic E-state index is 13.4. The lowest BCUT2D eigenvalue weighted by molar-refractivity contribution is -0.222. The molecule has 1 saturated carbocycles. The number of carbonyl (C=O) groups is 1. The van der Waals surface area contributed by atoms with E-state index in [1.54, 1.807) is 0 Å². The fourth-order valence-electron chi connectivity index (χ4n) is 4.62. The minimum atomic E-state index is -4.76. The van der Waals surface area contributed by atoms with E-state index in [1.165, 1.54) is 29.2 Å². The number of amides is 1. The number of hydrogen-bond acceptors (Lipinski definition) is 7. The second-order valence-electron chi connectivity index (χ2n) is 10.8. The molecule has 1 amide bonds. The molecule has 1 N–H and O–H groups in total. The number of carbonyl (C=O) groups excluding carboxylic acids is 1. The fourth-order valence-corrected chi connectivity index (χ4v) is 4.62. The van der Waals surface area contributed by atoms with Gasteiger partial charge in [0, 0.05) is 18.5 Å². The van der Waals surface area contributed by atoms with Gasteiger partial charge >= 0.3 is 19.4 Å². The largest absolute Gasteiger partial charge is 0.487 e. The van der Waals surface area contributed by atoms with Gasteiger partial charge in [0.15, 0.2) is 5.75 Å². The number of halogens is 3. The molecule has 1 atom stereocenters. The Bertz CT molecular complexity index is 964. The van der Waals surface area contributed by atoms with E-state index in [-0.39, 0.29) is 17.8 Å². The average molecular weight is 513 g/mol. The predicted molar refractivity (Wildman–Crippen MR) is 123 cm³/mol. The number of allylic oxidation sites excluding steroid dienone is 1. The first-order valence-corrected chi connectivity index (χ1v) is 11.8.